The van der Waals surface area contributed by atoms with Crippen LogP contribution in [0.1, 0.15) is 36.6 Å². The van der Waals surface area contributed by atoms with Crippen molar-refractivity contribution in [2.24, 2.45) is 0 Å². The summed E-state index contributed by atoms with van der Waals surface area (Å²) in [5, 5.41) is 0. The highest BCUT2D eigenvalue weighted by Gasteiger charge is 2.08. The molecule has 18 heavy (non-hydrogen) atoms. The fraction of sp³-hybridized carbons (Fsp3) is 0.357. The molecule has 0 spiro atoms. The van der Waals surface area contributed by atoms with Gasteiger partial charge < -0.3 is 9.15 Å². The van der Waals surface area contributed by atoms with Crippen molar-refractivity contribution in [2.45, 2.75) is 32.6 Å². The van der Waals surface area contributed by atoms with Crippen LogP contribution in [0.2, 0.25) is 0 Å². The predicted molar refractivity (Wildman–Crippen MR) is 71.4 cm³/mol. The summed E-state index contributed by atoms with van der Waals surface area (Å²) < 4.78 is 10.7. The van der Waals surface area contributed by atoms with Crippen LogP contribution in [0.15, 0.2) is 28.9 Å². The zero-order valence-corrected chi connectivity index (χ0v) is 11.5. The Bertz CT molecular complexity index is 534. The fourth-order valence-corrected chi connectivity index (χ4v) is 1.98. The number of aryl methyl sites for hydroxylation is 1. The van der Waals surface area contributed by atoms with Gasteiger partial charge in [-0.3, -0.25) is 0 Å². The van der Waals surface area contributed by atoms with E-state index in [9.17, 15) is 0 Å². The molecule has 1 heterocycles. The summed E-state index contributed by atoms with van der Waals surface area (Å²) in [5.41, 5.74) is 3.19. The Kier molecular flexibility index (Phi) is 3.92. The van der Waals surface area contributed by atoms with Crippen LogP contribution in [0.4, 0.5) is 0 Å². The number of oxazole rings is 1. The number of hydrogen-bond acceptors (Lipinski definition) is 3. The maximum Gasteiger partial charge on any atom is 0.399 e. The number of aromatic nitrogens is 1. The standard InChI is InChI=1S/C14H16ClNO2/c1-9(2)13-5-4-12(6-10(13)3)18-14-16-11(7-15)8-17-14/h4-6,8-9H,7H2,1-3H3. The van der Waals surface area contributed by atoms with Gasteiger partial charge in [0.25, 0.3) is 0 Å². The van der Waals surface area contributed by atoms with Gasteiger partial charge in [0.15, 0.2) is 0 Å². The molecule has 1 aromatic heterocycles. The molecule has 3 nitrogen and oxygen atoms in total. The van der Waals surface area contributed by atoms with E-state index in [1.165, 1.54) is 17.4 Å². The summed E-state index contributed by atoms with van der Waals surface area (Å²) in [6.07, 6.45) is 1.72. The minimum atomic E-state index is 0.224. The molecule has 0 bridgehead atoms. The van der Waals surface area contributed by atoms with Crippen molar-refractivity contribution in [3.8, 4) is 11.8 Å². The molecule has 0 unspecified atom stereocenters. The Morgan fingerprint density at radius 3 is 2.72 bits per heavy atom. The molecule has 0 amide bonds. The lowest BCUT2D eigenvalue weighted by Crippen LogP contribution is -1.93. The van der Waals surface area contributed by atoms with Gasteiger partial charge in [-0.2, -0.15) is 4.98 Å². The van der Waals surface area contributed by atoms with Crippen LogP contribution in [0.25, 0.3) is 0 Å². The quantitative estimate of drug-likeness (QED) is 0.756. The maximum atomic E-state index is 5.65. The normalized spacial score (nSPS) is 10.9. The first-order valence-electron chi connectivity index (χ1n) is 5.89. The number of ether oxygens (including phenoxy) is 1. The molecule has 0 aliphatic rings. The Morgan fingerprint density at radius 2 is 2.17 bits per heavy atom. The zero-order valence-electron chi connectivity index (χ0n) is 10.7. The molecule has 0 aliphatic carbocycles. The first-order chi connectivity index (χ1) is 8.60. The van der Waals surface area contributed by atoms with E-state index in [2.05, 4.69) is 31.8 Å². The highest BCUT2D eigenvalue weighted by Crippen LogP contribution is 2.26. The van der Waals surface area contributed by atoms with Gasteiger partial charge >= 0.3 is 6.08 Å². The van der Waals surface area contributed by atoms with Crippen LogP contribution in [0.5, 0.6) is 11.8 Å². The number of alkyl halides is 1. The molecule has 0 saturated heterocycles. The number of benzene rings is 1. The molecule has 0 radical (unpaired) electrons. The molecule has 2 rings (SSSR count). The molecule has 96 valence electrons. The van der Waals surface area contributed by atoms with Crippen LogP contribution in [-0.2, 0) is 5.88 Å². The molecule has 0 saturated carbocycles. The summed E-state index contributed by atoms with van der Waals surface area (Å²) in [6, 6.07) is 5.98. The monoisotopic (exact) mass is 265 g/mol. The van der Waals surface area contributed by atoms with Gasteiger partial charge in [-0.25, -0.2) is 0 Å². The number of nitrogens with zero attached hydrogens (tertiary/aromatic N) is 1. The minimum Gasteiger partial charge on any atom is -0.417 e. The average molecular weight is 266 g/mol. The van der Waals surface area contributed by atoms with Crippen LogP contribution < -0.4 is 4.74 Å². The highest BCUT2D eigenvalue weighted by molar-refractivity contribution is 6.16. The summed E-state index contributed by atoms with van der Waals surface area (Å²) >= 11 is 5.65. The predicted octanol–water partition coefficient (Wildman–Crippen LogP) is 4.64. The van der Waals surface area contributed by atoms with Crippen molar-refractivity contribution in [2.75, 3.05) is 0 Å². The fourth-order valence-electron chi connectivity index (χ4n) is 1.86. The van der Waals surface area contributed by atoms with Gasteiger partial charge in [0.05, 0.1) is 11.6 Å². The lowest BCUT2D eigenvalue weighted by Gasteiger charge is -2.10. The van der Waals surface area contributed by atoms with E-state index in [0.29, 0.717) is 17.5 Å². The smallest absolute Gasteiger partial charge is 0.399 e. The third kappa shape index (κ3) is 2.85. The molecule has 0 fully saturated rings. The number of rotatable bonds is 4. The zero-order chi connectivity index (χ0) is 13.1. The van der Waals surface area contributed by atoms with E-state index >= 15 is 0 Å². The Morgan fingerprint density at radius 1 is 1.39 bits per heavy atom. The van der Waals surface area contributed by atoms with Crippen LogP contribution in [0, 0.1) is 6.92 Å². The van der Waals surface area contributed by atoms with E-state index in [1.807, 2.05) is 12.1 Å². The van der Waals surface area contributed by atoms with Crippen molar-refractivity contribution >= 4 is 11.6 Å². The Balaban J connectivity index is 2.17. The largest absolute Gasteiger partial charge is 0.417 e. The molecular weight excluding hydrogens is 250 g/mol. The Hall–Kier alpha value is -1.48. The minimum absolute atomic E-state index is 0.224. The SMILES string of the molecule is Cc1cc(Oc2nc(CCl)co2)ccc1C(C)C. The highest BCUT2D eigenvalue weighted by atomic mass is 35.5. The summed E-state index contributed by atoms with van der Waals surface area (Å²) in [5.74, 6) is 1.54. The average Bonchev–Trinajstić information content (AvgIpc) is 2.76. The molecule has 1 aromatic carbocycles. The van der Waals surface area contributed by atoms with Crippen LogP contribution in [0.3, 0.4) is 0 Å². The summed E-state index contributed by atoms with van der Waals surface area (Å²) in [4.78, 5) is 4.09. The van der Waals surface area contributed by atoms with Crippen molar-refractivity contribution in [1.82, 2.24) is 4.98 Å². The van der Waals surface area contributed by atoms with Gasteiger partial charge in [-0.15, -0.1) is 11.6 Å². The molecule has 0 aliphatic heterocycles. The Labute approximate surface area is 112 Å². The number of hydrogen-bond donors (Lipinski definition) is 0. The molecule has 2 aromatic rings. The molecule has 0 N–H and O–H groups in total. The third-order valence-electron chi connectivity index (χ3n) is 2.74. The molecule has 0 atom stereocenters. The van der Waals surface area contributed by atoms with Crippen molar-refractivity contribution in [3.63, 3.8) is 0 Å². The third-order valence-corrected chi connectivity index (χ3v) is 3.01. The topological polar surface area (TPSA) is 35.3 Å². The van der Waals surface area contributed by atoms with Gasteiger partial charge in [-0.1, -0.05) is 19.9 Å². The van der Waals surface area contributed by atoms with Crippen LogP contribution in [-0.4, -0.2) is 4.98 Å². The van der Waals surface area contributed by atoms with Gasteiger partial charge in [0, 0.05) is 0 Å². The summed E-state index contributed by atoms with van der Waals surface area (Å²) in [6.45, 7) is 6.41. The van der Waals surface area contributed by atoms with E-state index in [0.717, 1.165) is 5.75 Å². The number of halogens is 1. The molecule has 4 heteroatoms. The van der Waals surface area contributed by atoms with Crippen LogP contribution >= 0.6 is 11.6 Å². The van der Waals surface area contributed by atoms with E-state index in [4.69, 9.17) is 20.8 Å². The first-order valence-corrected chi connectivity index (χ1v) is 6.42. The van der Waals surface area contributed by atoms with Gasteiger partial charge in [-0.05, 0) is 36.1 Å². The summed E-state index contributed by atoms with van der Waals surface area (Å²) in [7, 11) is 0. The maximum absolute atomic E-state index is 5.65. The van der Waals surface area contributed by atoms with Crippen molar-refractivity contribution in [3.05, 3.63) is 41.3 Å². The molecular formula is C14H16ClNO2. The lowest BCUT2D eigenvalue weighted by molar-refractivity contribution is 0.330. The first kappa shape index (κ1) is 13.0. The second-order valence-electron chi connectivity index (χ2n) is 4.51. The second kappa shape index (κ2) is 5.44. The lowest BCUT2D eigenvalue weighted by atomic mass is 9.98. The van der Waals surface area contributed by atoms with Crippen molar-refractivity contribution in [1.29, 1.82) is 0 Å². The van der Waals surface area contributed by atoms with E-state index in [-0.39, 0.29) is 6.08 Å². The van der Waals surface area contributed by atoms with Gasteiger partial charge in [0.2, 0.25) is 0 Å². The second-order valence-corrected chi connectivity index (χ2v) is 4.78. The van der Waals surface area contributed by atoms with Gasteiger partial charge in [0.1, 0.15) is 12.0 Å². The van der Waals surface area contributed by atoms with E-state index in [1.54, 1.807) is 0 Å². The van der Waals surface area contributed by atoms with Crippen molar-refractivity contribution < 1.29 is 9.15 Å². The van der Waals surface area contributed by atoms with E-state index < -0.39 is 0 Å².